The number of allylic oxidation sites excluding steroid dienone is 9. The van der Waals surface area contributed by atoms with Gasteiger partial charge in [0.25, 0.3) is 0 Å². The van der Waals surface area contributed by atoms with Crippen molar-refractivity contribution in [2.75, 3.05) is 19.8 Å². The maximum Gasteiger partial charge on any atom is 0.220 e. The van der Waals surface area contributed by atoms with Crippen molar-refractivity contribution in [1.82, 2.24) is 5.32 Å². The van der Waals surface area contributed by atoms with Crippen LogP contribution < -0.4 is 5.32 Å². The molecule has 2 aliphatic heterocycles. The van der Waals surface area contributed by atoms with Crippen molar-refractivity contribution in [3.8, 4) is 0 Å². The Morgan fingerprint density at radius 3 is 1.00 bits per heavy atom. The Labute approximate surface area is 651 Å². The predicted molar refractivity (Wildman–Crippen MR) is 443 cm³/mol. The second-order valence-electron chi connectivity index (χ2n) is 32.1. The third kappa shape index (κ3) is 56.8. The van der Waals surface area contributed by atoms with Crippen LogP contribution >= 0.6 is 0 Å². The zero-order chi connectivity index (χ0) is 76.5. The number of nitrogens with one attached hydrogen (secondary N) is 1. The SMILES string of the molecule is CC/C=C\C/C=C\C/C=C\C/C=C\CCCCCCCCCCCCCCCCCCCCCCCCCCCCC(=O)NC(COC1OC(CO)C(OC2OC(CO)C(O)C(O)C2O)C(O)C1O)C(O)/C=C/CCCCCCCCCCCCCCCCCCCCCCCCCCCCCCCCC. The molecule has 0 aromatic rings. The van der Waals surface area contributed by atoms with Gasteiger partial charge in [0, 0.05) is 6.42 Å². The molecule has 106 heavy (non-hydrogen) atoms. The Balaban J connectivity index is 1.55. The van der Waals surface area contributed by atoms with Crippen LogP contribution in [-0.2, 0) is 23.7 Å². The summed E-state index contributed by atoms with van der Waals surface area (Å²) in [6.07, 6.45) is 87.7. The standard InChI is InChI=1S/C92H171NO13/c1-3-5-7-9-11-13-15-17-19-21-23-25-27-29-31-33-35-37-38-39-40-41-42-44-46-48-50-52-54-56-58-60-62-64-66-68-70-72-74-76-84(97)93-80(79-103-91-89(102)87(100)90(83(78-95)105-91)106-92-88(101)86(99)85(98)82(77-94)104-92)81(96)75-73-71-69-67-65-63-61-59-57-55-53-51-49-47-45-43-36-34-32-30-28-26-24-22-20-18-16-14-12-10-8-6-4-2/h5,7,11,13,17,19,23,25,73,75,80-83,85-92,94-96,98-102H,3-4,6,8-10,12,14-16,18,20-22,24,26-72,74,76-79H2,1-2H3,(H,93,97)/b7-5-,13-11-,19-17-,25-23-,75-73+. The monoisotopic (exact) mass is 1500 g/mol. The number of carbonyl (C=O) groups is 1. The van der Waals surface area contributed by atoms with E-state index in [9.17, 15) is 45.6 Å². The smallest absolute Gasteiger partial charge is 0.220 e. The first-order valence-corrected chi connectivity index (χ1v) is 45.5. The maximum atomic E-state index is 13.4. The van der Waals surface area contributed by atoms with Crippen LogP contribution in [0.5, 0.6) is 0 Å². The molecule has 2 fully saturated rings. The second kappa shape index (κ2) is 75.4. The summed E-state index contributed by atoms with van der Waals surface area (Å²) in [4.78, 5) is 13.4. The van der Waals surface area contributed by atoms with Crippen LogP contribution in [0.25, 0.3) is 0 Å². The summed E-state index contributed by atoms with van der Waals surface area (Å²) >= 11 is 0. The van der Waals surface area contributed by atoms with Gasteiger partial charge in [0.2, 0.25) is 5.91 Å². The first kappa shape index (κ1) is 99.8. The van der Waals surface area contributed by atoms with E-state index >= 15 is 0 Å². The fourth-order valence-electron chi connectivity index (χ4n) is 15.1. The van der Waals surface area contributed by atoms with Gasteiger partial charge < -0.3 is 65.1 Å². The summed E-state index contributed by atoms with van der Waals surface area (Å²) in [6, 6.07) is -0.917. The molecule has 1 amide bonds. The highest BCUT2D eigenvalue weighted by Gasteiger charge is 2.51. The number of amides is 1. The molecule has 0 spiro atoms. The topological polar surface area (TPSA) is 228 Å². The molecule has 0 aromatic carbocycles. The lowest BCUT2D eigenvalue weighted by Crippen LogP contribution is -2.65. The van der Waals surface area contributed by atoms with Crippen molar-refractivity contribution in [3.05, 3.63) is 60.8 Å². The van der Waals surface area contributed by atoms with E-state index in [4.69, 9.17) is 18.9 Å². The molecule has 0 radical (unpaired) electrons. The number of ether oxygens (including phenoxy) is 4. The maximum absolute atomic E-state index is 13.4. The molecule has 2 rings (SSSR count). The normalized spacial score (nSPS) is 21.5. The van der Waals surface area contributed by atoms with Crippen LogP contribution in [0, 0.1) is 0 Å². The largest absolute Gasteiger partial charge is 0.394 e. The Morgan fingerprint density at radius 2 is 0.651 bits per heavy atom. The first-order chi connectivity index (χ1) is 52.1. The van der Waals surface area contributed by atoms with Crippen molar-refractivity contribution in [2.45, 2.75) is 498 Å². The molecule has 2 heterocycles. The van der Waals surface area contributed by atoms with E-state index in [1.807, 2.05) is 6.08 Å². The van der Waals surface area contributed by atoms with Gasteiger partial charge in [-0.1, -0.05) is 421 Å². The van der Waals surface area contributed by atoms with Gasteiger partial charge in [0.05, 0.1) is 32.0 Å². The van der Waals surface area contributed by atoms with Crippen molar-refractivity contribution in [3.63, 3.8) is 0 Å². The molecule has 0 aromatic heterocycles. The summed E-state index contributed by atoms with van der Waals surface area (Å²) in [7, 11) is 0. The van der Waals surface area contributed by atoms with Crippen LogP contribution in [0.2, 0.25) is 0 Å². The molecular formula is C92H171NO13. The van der Waals surface area contributed by atoms with E-state index < -0.39 is 86.8 Å². The van der Waals surface area contributed by atoms with Crippen molar-refractivity contribution in [2.24, 2.45) is 0 Å². The summed E-state index contributed by atoms with van der Waals surface area (Å²) in [5, 5.41) is 87.9. The Hall–Kier alpha value is -2.31. The first-order valence-electron chi connectivity index (χ1n) is 45.5. The molecule has 2 aliphatic rings. The average Bonchev–Trinajstić information content (AvgIpc) is 0.789. The minimum atomic E-state index is -1.79. The third-order valence-corrected chi connectivity index (χ3v) is 22.2. The summed E-state index contributed by atoms with van der Waals surface area (Å²) in [5.74, 6) is -0.230. The molecular weight excluding hydrogens is 1330 g/mol. The van der Waals surface area contributed by atoms with Crippen LogP contribution in [0.15, 0.2) is 60.8 Å². The predicted octanol–water partition coefficient (Wildman–Crippen LogP) is 22.3. The van der Waals surface area contributed by atoms with E-state index in [0.29, 0.717) is 6.42 Å². The highest BCUT2D eigenvalue weighted by atomic mass is 16.7. The molecule has 622 valence electrons. The van der Waals surface area contributed by atoms with Gasteiger partial charge in [-0.15, -0.1) is 0 Å². The van der Waals surface area contributed by atoms with Crippen molar-refractivity contribution in [1.29, 1.82) is 0 Å². The lowest BCUT2D eigenvalue weighted by Gasteiger charge is -2.46. The highest BCUT2D eigenvalue weighted by molar-refractivity contribution is 5.76. The van der Waals surface area contributed by atoms with E-state index in [-0.39, 0.29) is 18.9 Å². The van der Waals surface area contributed by atoms with Crippen molar-refractivity contribution >= 4 is 5.91 Å². The van der Waals surface area contributed by atoms with Crippen LogP contribution in [0.1, 0.15) is 425 Å². The number of rotatable bonds is 78. The molecule has 12 unspecified atom stereocenters. The minimum Gasteiger partial charge on any atom is -0.394 e. The fourth-order valence-corrected chi connectivity index (χ4v) is 15.1. The lowest BCUT2D eigenvalue weighted by atomic mass is 9.97. The van der Waals surface area contributed by atoms with Crippen LogP contribution in [0.3, 0.4) is 0 Å². The van der Waals surface area contributed by atoms with Gasteiger partial charge in [-0.3, -0.25) is 4.79 Å². The molecule has 0 aliphatic carbocycles. The molecule has 14 nitrogen and oxygen atoms in total. The van der Waals surface area contributed by atoms with Crippen molar-refractivity contribution < 1.29 is 64.6 Å². The van der Waals surface area contributed by atoms with Gasteiger partial charge >= 0.3 is 0 Å². The summed E-state index contributed by atoms with van der Waals surface area (Å²) < 4.78 is 23.0. The average molecular weight is 1500 g/mol. The zero-order valence-electron chi connectivity index (χ0n) is 68.7. The number of hydrogen-bond acceptors (Lipinski definition) is 13. The number of carbonyl (C=O) groups excluding carboxylic acids is 1. The molecule has 12 atom stereocenters. The second-order valence-corrected chi connectivity index (χ2v) is 32.1. The number of hydrogen-bond donors (Lipinski definition) is 9. The van der Waals surface area contributed by atoms with Gasteiger partial charge in [-0.05, 0) is 57.8 Å². The highest BCUT2D eigenvalue weighted by Crippen LogP contribution is 2.31. The van der Waals surface area contributed by atoms with Crippen LogP contribution in [-0.4, -0.2) is 140 Å². The third-order valence-electron chi connectivity index (χ3n) is 22.2. The van der Waals surface area contributed by atoms with E-state index in [1.165, 1.54) is 334 Å². The van der Waals surface area contributed by atoms with E-state index in [0.717, 1.165) is 64.2 Å². The van der Waals surface area contributed by atoms with E-state index in [2.05, 4.69) is 67.8 Å². The van der Waals surface area contributed by atoms with Gasteiger partial charge in [0.15, 0.2) is 12.6 Å². The van der Waals surface area contributed by atoms with Gasteiger partial charge in [0.1, 0.15) is 48.8 Å². The molecule has 14 heteroatoms. The van der Waals surface area contributed by atoms with E-state index in [1.54, 1.807) is 6.08 Å². The Bertz CT molecular complexity index is 2020. The minimum absolute atomic E-state index is 0.230. The molecule has 2 saturated heterocycles. The van der Waals surface area contributed by atoms with Crippen LogP contribution in [0.4, 0.5) is 0 Å². The number of aliphatic hydroxyl groups is 8. The molecule has 9 N–H and O–H groups in total. The fraction of sp³-hybridized carbons (Fsp3) is 0.880. The quantitative estimate of drug-likeness (QED) is 0.0204. The van der Waals surface area contributed by atoms with Gasteiger partial charge in [-0.25, -0.2) is 0 Å². The molecule has 0 saturated carbocycles. The zero-order valence-corrected chi connectivity index (χ0v) is 68.7. The number of aliphatic hydroxyl groups excluding tert-OH is 8. The Morgan fingerprint density at radius 1 is 0.349 bits per heavy atom. The molecule has 0 bridgehead atoms. The number of unbranched alkanes of at least 4 members (excludes halogenated alkanes) is 57. The lowest BCUT2D eigenvalue weighted by molar-refractivity contribution is -0.359. The summed E-state index contributed by atoms with van der Waals surface area (Å²) in [5.41, 5.74) is 0. The Kier molecular flexibility index (Phi) is 70.9. The summed E-state index contributed by atoms with van der Waals surface area (Å²) in [6.45, 7) is 2.76. The van der Waals surface area contributed by atoms with Gasteiger partial charge in [-0.2, -0.15) is 0 Å².